The number of hydrogen-bond donors (Lipinski definition) is 1. The van der Waals surface area contributed by atoms with Crippen LogP contribution in [0.25, 0.3) is 0 Å². The van der Waals surface area contributed by atoms with Crippen molar-refractivity contribution in [1.29, 1.82) is 0 Å². The van der Waals surface area contributed by atoms with Gasteiger partial charge in [-0.2, -0.15) is 4.31 Å². The highest BCUT2D eigenvalue weighted by Gasteiger charge is 2.28. The number of nitrogens with zero attached hydrogens (tertiary/aromatic N) is 1. The summed E-state index contributed by atoms with van der Waals surface area (Å²) < 4.78 is 32.8. The molecule has 3 rings (SSSR count). The second-order valence-electron chi connectivity index (χ2n) is 7.54. The van der Waals surface area contributed by atoms with Gasteiger partial charge in [0, 0.05) is 19.1 Å². The van der Waals surface area contributed by atoms with Gasteiger partial charge in [0.15, 0.2) is 6.61 Å². The number of benzene rings is 2. The van der Waals surface area contributed by atoms with Crippen LogP contribution < -0.4 is 5.32 Å². The molecule has 31 heavy (non-hydrogen) atoms. The second-order valence-corrected chi connectivity index (χ2v) is 9.48. The Hall–Kier alpha value is -2.71. The molecular weight excluding hydrogens is 416 g/mol. The highest BCUT2D eigenvalue weighted by molar-refractivity contribution is 7.89. The van der Waals surface area contributed by atoms with E-state index in [0.29, 0.717) is 19.5 Å². The molecule has 8 heteroatoms. The Labute approximate surface area is 183 Å². The van der Waals surface area contributed by atoms with E-state index in [4.69, 9.17) is 4.74 Å². The minimum atomic E-state index is -3.77. The van der Waals surface area contributed by atoms with Crippen molar-refractivity contribution in [2.45, 2.75) is 50.6 Å². The van der Waals surface area contributed by atoms with Gasteiger partial charge in [-0.25, -0.2) is 13.2 Å². The Kier molecular flexibility index (Phi) is 7.46. The molecule has 0 unspecified atom stereocenters. The first-order chi connectivity index (χ1) is 14.8. The number of carbonyl (C=O) groups excluding carboxylic acids is 2. The van der Waals surface area contributed by atoms with Gasteiger partial charge in [0.1, 0.15) is 0 Å². The fourth-order valence-electron chi connectivity index (χ4n) is 3.58. The van der Waals surface area contributed by atoms with E-state index in [-0.39, 0.29) is 22.4 Å². The van der Waals surface area contributed by atoms with Gasteiger partial charge >= 0.3 is 5.97 Å². The first kappa shape index (κ1) is 23.0. The fourth-order valence-corrected chi connectivity index (χ4v) is 5.05. The summed E-state index contributed by atoms with van der Waals surface area (Å²) in [6, 6.07) is 13.6. The Bertz CT molecular complexity index is 1050. The molecule has 0 aliphatic carbocycles. The number of carbonyl (C=O) groups is 2. The lowest BCUT2D eigenvalue weighted by Gasteiger charge is -2.28. The quantitative estimate of drug-likeness (QED) is 0.632. The minimum Gasteiger partial charge on any atom is -0.452 e. The summed E-state index contributed by atoms with van der Waals surface area (Å²) in [6.45, 7) is 4.20. The SMILES string of the molecule is CCC(CC)NC(=O)COC(=O)c1cccc(S(=O)(=O)N2CCc3ccccc3C2)c1. The number of rotatable bonds is 8. The third kappa shape index (κ3) is 5.51. The highest BCUT2D eigenvalue weighted by atomic mass is 32.2. The Morgan fingerprint density at radius 2 is 1.77 bits per heavy atom. The maximum Gasteiger partial charge on any atom is 0.338 e. The predicted molar refractivity (Wildman–Crippen MR) is 117 cm³/mol. The lowest BCUT2D eigenvalue weighted by atomic mass is 10.0. The van der Waals surface area contributed by atoms with Gasteiger partial charge in [-0.05, 0) is 48.6 Å². The number of amides is 1. The van der Waals surface area contributed by atoms with Crippen LogP contribution in [-0.2, 0) is 32.5 Å². The van der Waals surface area contributed by atoms with Crippen molar-refractivity contribution >= 4 is 21.9 Å². The molecule has 0 saturated heterocycles. The van der Waals surface area contributed by atoms with E-state index in [2.05, 4.69) is 5.32 Å². The van der Waals surface area contributed by atoms with Crippen molar-refractivity contribution in [2.24, 2.45) is 0 Å². The summed E-state index contributed by atoms with van der Waals surface area (Å²) in [5.74, 6) is -1.11. The number of sulfonamides is 1. The molecule has 2 aromatic rings. The molecule has 1 aliphatic rings. The van der Waals surface area contributed by atoms with E-state index in [1.165, 1.54) is 28.6 Å². The van der Waals surface area contributed by atoms with E-state index in [0.717, 1.165) is 24.0 Å². The molecule has 2 aromatic carbocycles. The molecule has 0 bridgehead atoms. The number of esters is 1. The molecule has 1 aliphatic heterocycles. The molecule has 1 N–H and O–H groups in total. The summed E-state index contributed by atoms with van der Waals surface area (Å²) in [6.07, 6.45) is 2.22. The number of nitrogens with one attached hydrogen (secondary N) is 1. The molecule has 0 aromatic heterocycles. The van der Waals surface area contributed by atoms with E-state index in [1.807, 2.05) is 38.1 Å². The average molecular weight is 445 g/mol. The van der Waals surface area contributed by atoms with Gasteiger partial charge < -0.3 is 10.1 Å². The molecule has 7 nitrogen and oxygen atoms in total. The van der Waals surface area contributed by atoms with Gasteiger partial charge in [0.25, 0.3) is 5.91 Å². The maximum atomic E-state index is 13.1. The van der Waals surface area contributed by atoms with Crippen molar-refractivity contribution in [1.82, 2.24) is 9.62 Å². The maximum absolute atomic E-state index is 13.1. The summed E-state index contributed by atoms with van der Waals surface area (Å²) in [7, 11) is -3.77. The largest absolute Gasteiger partial charge is 0.452 e. The van der Waals surface area contributed by atoms with Crippen LogP contribution >= 0.6 is 0 Å². The lowest BCUT2D eigenvalue weighted by molar-refractivity contribution is -0.125. The first-order valence-electron chi connectivity index (χ1n) is 10.5. The minimum absolute atomic E-state index is 0.0304. The Morgan fingerprint density at radius 1 is 1.06 bits per heavy atom. The molecule has 1 amide bonds. The average Bonchev–Trinajstić information content (AvgIpc) is 2.80. The lowest BCUT2D eigenvalue weighted by Crippen LogP contribution is -2.37. The summed E-state index contributed by atoms with van der Waals surface area (Å²) in [4.78, 5) is 24.4. The molecule has 166 valence electrons. The van der Waals surface area contributed by atoms with Crippen molar-refractivity contribution in [3.8, 4) is 0 Å². The standard InChI is InChI=1S/C23H28N2O5S/c1-3-20(4-2)24-22(26)16-30-23(27)18-10-7-11-21(14-18)31(28,29)25-13-12-17-8-5-6-9-19(17)15-25/h5-11,14,20H,3-4,12-13,15-16H2,1-2H3,(H,24,26). The van der Waals surface area contributed by atoms with Gasteiger partial charge in [-0.1, -0.05) is 44.2 Å². The van der Waals surface area contributed by atoms with Crippen molar-refractivity contribution in [3.05, 3.63) is 65.2 Å². The third-order valence-electron chi connectivity index (χ3n) is 5.49. The summed E-state index contributed by atoms with van der Waals surface area (Å²) >= 11 is 0. The molecule has 1 heterocycles. The van der Waals surface area contributed by atoms with Crippen LogP contribution in [0.1, 0.15) is 48.2 Å². The number of ether oxygens (including phenoxy) is 1. The number of fused-ring (bicyclic) bond motifs is 1. The smallest absolute Gasteiger partial charge is 0.338 e. The number of hydrogen-bond acceptors (Lipinski definition) is 5. The highest BCUT2D eigenvalue weighted by Crippen LogP contribution is 2.25. The monoisotopic (exact) mass is 444 g/mol. The Balaban J connectivity index is 1.68. The van der Waals surface area contributed by atoms with E-state index < -0.39 is 22.6 Å². The molecular formula is C23H28N2O5S. The van der Waals surface area contributed by atoms with Gasteiger partial charge in [0.05, 0.1) is 10.5 Å². The molecule has 0 atom stereocenters. The van der Waals surface area contributed by atoms with Gasteiger partial charge in [-0.15, -0.1) is 0 Å². The zero-order valence-corrected chi connectivity index (χ0v) is 18.7. The van der Waals surface area contributed by atoms with Crippen LogP contribution in [0.4, 0.5) is 0 Å². The first-order valence-corrected chi connectivity index (χ1v) is 11.9. The topological polar surface area (TPSA) is 92.8 Å². The molecule has 0 spiro atoms. The van der Waals surface area contributed by atoms with Crippen LogP contribution in [0.15, 0.2) is 53.4 Å². The molecule has 0 saturated carbocycles. The van der Waals surface area contributed by atoms with Crippen molar-refractivity contribution in [3.63, 3.8) is 0 Å². The van der Waals surface area contributed by atoms with Crippen LogP contribution in [-0.4, -0.2) is 43.8 Å². The normalized spacial score (nSPS) is 14.2. The fraction of sp³-hybridized carbons (Fsp3) is 0.391. The summed E-state index contributed by atoms with van der Waals surface area (Å²) in [5.41, 5.74) is 2.23. The Morgan fingerprint density at radius 3 is 2.48 bits per heavy atom. The van der Waals surface area contributed by atoms with Gasteiger partial charge in [0.2, 0.25) is 10.0 Å². The molecule has 0 fully saturated rings. The van der Waals surface area contributed by atoms with Crippen LogP contribution in [0.3, 0.4) is 0 Å². The van der Waals surface area contributed by atoms with Crippen molar-refractivity contribution in [2.75, 3.05) is 13.2 Å². The van der Waals surface area contributed by atoms with Gasteiger partial charge in [-0.3, -0.25) is 4.79 Å². The second kappa shape index (κ2) is 10.1. The van der Waals surface area contributed by atoms with E-state index in [9.17, 15) is 18.0 Å². The van der Waals surface area contributed by atoms with E-state index >= 15 is 0 Å². The van der Waals surface area contributed by atoms with Crippen LogP contribution in [0, 0.1) is 0 Å². The zero-order chi connectivity index (χ0) is 22.4. The van der Waals surface area contributed by atoms with Crippen LogP contribution in [0.5, 0.6) is 0 Å². The third-order valence-corrected chi connectivity index (χ3v) is 7.33. The zero-order valence-electron chi connectivity index (χ0n) is 17.8. The molecule has 0 radical (unpaired) electrons. The summed E-state index contributed by atoms with van der Waals surface area (Å²) in [5, 5.41) is 2.79. The predicted octanol–water partition coefficient (Wildman–Crippen LogP) is 2.90. The van der Waals surface area contributed by atoms with Crippen LogP contribution in [0.2, 0.25) is 0 Å². The van der Waals surface area contributed by atoms with E-state index in [1.54, 1.807) is 0 Å². The van der Waals surface area contributed by atoms with Crippen molar-refractivity contribution < 1.29 is 22.7 Å².